The van der Waals surface area contributed by atoms with Crippen LogP contribution in [0, 0.1) is 6.92 Å². The maximum Gasteiger partial charge on any atom is 0.231 e. The molecule has 156 valence electrons. The number of ether oxygens (including phenoxy) is 4. The molecule has 0 radical (unpaired) electrons. The fraction of sp³-hybridized carbons (Fsp3) is 0.250. The van der Waals surface area contributed by atoms with E-state index in [0.29, 0.717) is 18.1 Å². The molecule has 1 heterocycles. The van der Waals surface area contributed by atoms with Gasteiger partial charge in [0.1, 0.15) is 6.61 Å². The maximum atomic E-state index is 6.06. The van der Waals surface area contributed by atoms with Crippen LogP contribution in [0.2, 0.25) is 0 Å². The molecule has 0 saturated carbocycles. The molecule has 30 heavy (non-hydrogen) atoms. The summed E-state index contributed by atoms with van der Waals surface area (Å²) in [6.45, 7) is 4.29. The van der Waals surface area contributed by atoms with Gasteiger partial charge in [-0.05, 0) is 63.8 Å². The van der Waals surface area contributed by atoms with E-state index in [1.54, 1.807) is 7.11 Å². The highest BCUT2D eigenvalue weighted by atomic mass is 79.9. The zero-order valence-corrected chi connectivity index (χ0v) is 18.6. The summed E-state index contributed by atoms with van der Waals surface area (Å²) in [4.78, 5) is 0. The van der Waals surface area contributed by atoms with Crippen LogP contribution in [0.3, 0.4) is 0 Å². The Morgan fingerprint density at radius 2 is 1.63 bits per heavy atom. The van der Waals surface area contributed by atoms with Gasteiger partial charge >= 0.3 is 0 Å². The standard InChI is InChI=1S/C24H24BrNO4/c1-16-3-5-17(6-4-16)12-26-13-19-9-20(25)24(23(11-19)27-2)28-14-18-7-8-21-22(10-18)30-15-29-21/h3-11,26H,12-15H2,1-2H3. The molecule has 3 aromatic rings. The molecule has 4 rings (SSSR count). The Bertz CT molecular complexity index is 1020. The Labute approximate surface area is 185 Å². The molecule has 1 N–H and O–H groups in total. The van der Waals surface area contributed by atoms with Crippen LogP contribution < -0.4 is 24.3 Å². The van der Waals surface area contributed by atoms with Gasteiger partial charge in [-0.2, -0.15) is 0 Å². The number of benzene rings is 3. The molecular weight excluding hydrogens is 446 g/mol. The van der Waals surface area contributed by atoms with Gasteiger partial charge in [0, 0.05) is 13.1 Å². The molecule has 0 bridgehead atoms. The molecule has 1 aliphatic rings. The Morgan fingerprint density at radius 3 is 2.43 bits per heavy atom. The lowest BCUT2D eigenvalue weighted by Gasteiger charge is -2.15. The predicted octanol–water partition coefficient (Wildman–Crippen LogP) is 5.36. The highest BCUT2D eigenvalue weighted by Gasteiger charge is 2.15. The average Bonchev–Trinajstić information content (AvgIpc) is 3.22. The summed E-state index contributed by atoms with van der Waals surface area (Å²) in [5.41, 5.74) is 4.64. The lowest BCUT2D eigenvalue weighted by molar-refractivity contribution is 0.174. The predicted molar refractivity (Wildman–Crippen MR) is 119 cm³/mol. The third kappa shape index (κ3) is 4.89. The summed E-state index contributed by atoms with van der Waals surface area (Å²) in [7, 11) is 1.65. The number of hydrogen-bond acceptors (Lipinski definition) is 5. The fourth-order valence-corrected chi connectivity index (χ4v) is 3.86. The topological polar surface area (TPSA) is 49.0 Å². The molecule has 0 aliphatic carbocycles. The molecule has 0 unspecified atom stereocenters. The number of rotatable bonds is 8. The van der Waals surface area contributed by atoms with Crippen molar-refractivity contribution in [2.45, 2.75) is 26.6 Å². The van der Waals surface area contributed by atoms with E-state index in [9.17, 15) is 0 Å². The zero-order valence-electron chi connectivity index (χ0n) is 17.0. The van der Waals surface area contributed by atoms with Gasteiger partial charge in [-0.3, -0.25) is 0 Å². The van der Waals surface area contributed by atoms with Gasteiger partial charge in [0.2, 0.25) is 6.79 Å². The lowest BCUT2D eigenvalue weighted by atomic mass is 10.1. The van der Waals surface area contributed by atoms with Crippen molar-refractivity contribution in [3.05, 3.63) is 81.3 Å². The number of halogens is 1. The summed E-state index contributed by atoms with van der Waals surface area (Å²) in [6.07, 6.45) is 0. The van der Waals surface area contributed by atoms with E-state index < -0.39 is 0 Å². The highest BCUT2D eigenvalue weighted by Crippen LogP contribution is 2.38. The van der Waals surface area contributed by atoms with Crippen LogP contribution in [0.25, 0.3) is 0 Å². The quantitative estimate of drug-likeness (QED) is 0.480. The molecule has 0 aromatic heterocycles. The first-order chi connectivity index (χ1) is 14.6. The third-order valence-corrected chi connectivity index (χ3v) is 5.48. The first-order valence-corrected chi connectivity index (χ1v) is 10.6. The normalized spacial score (nSPS) is 12.1. The minimum Gasteiger partial charge on any atom is -0.493 e. The van der Waals surface area contributed by atoms with Crippen LogP contribution in [-0.4, -0.2) is 13.9 Å². The van der Waals surface area contributed by atoms with Crippen LogP contribution in [0.1, 0.15) is 22.3 Å². The van der Waals surface area contributed by atoms with E-state index in [1.165, 1.54) is 11.1 Å². The van der Waals surface area contributed by atoms with Crippen molar-refractivity contribution < 1.29 is 18.9 Å². The Kier molecular flexibility index (Phi) is 6.45. The number of methoxy groups -OCH3 is 1. The van der Waals surface area contributed by atoms with Crippen molar-refractivity contribution >= 4 is 15.9 Å². The van der Waals surface area contributed by atoms with Crippen molar-refractivity contribution in [1.82, 2.24) is 5.32 Å². The van der Waals surface area contributed by atoms with Crippen molar-refractivity contribution in [3.8, 4) is 23.0 Å². The Hall–Kier alpha value is -2.70. The fourth-order valence-electron chi connectivity index (χ4n) is 3.26. The van der Waals surface area contributed by atoms with Gasteiger partial charge in [-0.15, -0.1) is 0 Å². The largest absolute Gasteiger partial charge is 0.493 e. The van der Waals surface area contributed by atoms with E-state index >= 15 is 0 Å². The summed E-state index contributed by atoms with van der Waals surface area (Å²) >= 11 is 3.63. The van der Waals surface area contributed by atoms with E-state index in [2.05, 4.69) is 58.5 Å². The van der Waals surface area contributed by atoms with Crippen molar-refractivity contribution in [1.29, 1.82) is 0 Å². The molecule has 0 fully saturated rings. The smallest absolute Gasteiger partial charge is 0.231 e. The Morgan fingerprint density at radius 1 is 0.900 bits per heavy atom. The Balaban J connectivity index is 1.39. The molecule has 0 amide bonds. The van der Waals surface area contributed by atoms with E-state index in [1.807, 2.05) is 24.3 Å². The molecule has 0 saturated heterocycles. The SMILES string of the molecule is COc1cc(CNCc2ccc(C)cc2)cc(Br)c1OCc1ccc2c(c1)OCO2. The molecule has 0 atom stereocenters. The van der Waals surface area contributed by atoms with Crippen molar-refractivity contribution in [2.75, 3.05) is 13.9 Å². The second kappa shape index (κ2) is 9.41. The molecule has 0 spiro atoms. The van der Waals surface area contributed by atoms with Crippen molar-refractivity contribution in [2.24, 2.45) is 0 Å². The average molecular weight is 470 g/mol. The zero-order chi connectivity index (χ0) is 20.9. The maximum absolute atomic E-state index is 6.06. The van der Waals surface area contributed by atoms with Crippen LogP contribution in [0.15, 0.2) is 59.1 Å². The lowest BCUT2D eigenvalue weighted by Crippen LogP contribution is -2.13. The second-order valence-electron chi connectivity index (χ2n) is 7.17. The van der Waals surface area contributed by atoms with Gasteiger partial charge in [0.05, 0.1) is 11.6 Å². The third-order valence-electron chi connectivity index (χ3n) is 4.89. The van der Waals surface area contributed by atoms with Crippen LogP contribution >= 0.6 is 15.9 Å². The van der Waals surface area contributed by atoms with Gasteiger partial charge in [-0.1, -0.05) is 35.9 Å². The summed E-state index contributed by atoms with van der Waals surface area (Å²) in [6, 6.07) is 18.4. The van der Waals surface area contributed by atoms with E-state index in [-0.39, 0.29) is 6.79 Å². The number of fused-ring (bicyclic) bond motifs is 1. The first-order valence-electron chi connectivity index (χ1n) is 9.76. The summed E-state index contributed by atoms with van der Waals surface area (Å²) in [5.74, 6) is 2.88. The monoisotopic (exact) mass is 469 g/mol. The minimum atomic E-state index is 0.262. The van der Waals surface area contributed by atoms with Gasteiger partial charge in [-0.25, -0.2) is 0 Å². The number of hydrogen-bond donors (Lipinski definition) is 1. The van der Waals surface area contributed by atoms with Crippen molar-refractivity contribution in [3.63, 3.8) is 0 Å². The molecule has 5 nitrogen and oxygen atoms in total. The number of aryl methyl sites for hydroxylation is 1. The summed E-state index contributed by atoms with van der Waals surface area (Å²) < 4.78 is 23.3. The highest BCUT2D eigenvalue weighted by molar-refractivity contribution is 9.10. The van der Waals surface area contributed by atoms with Gasteiger partial charge < -0.3 is 24.3 Å². The van der Waals surface area contributed by atoms with Crippen LogP contribution in [0.4, 0.5) is 0 Å². The van der Waals surface area contributed by atoms with E-state index in [4.69, 9.17) is 18.9 Å². The van der Waals surface area contributed by atoms with Gasteiger partial charge in [0.15, 0.2) is 23.0 Å². The van der Waals surface area contributed by atoms with Gasteiger partial charge in [0.25, 0.3) is 0 Å². The molecule has 6 heteroatoms. The second-order valence-corrected chi connectivity index (χ2v) is 8.03. The van der Waals surface area contributed by atoms with Crippen LogP contribution in [0.5, 0.6) is 23.0 Å². The molecule has 1 aliphatic heterocycles. The van der Waals surface area contributed by atoms with Crippen LogP contribution in [-0.2, 0) is 19.7 Å². The minimum absolute atomic E-state index is 0.262. The van der Waals surface area contributed by atoms with E-state index in [0.717, 1.165) is 40.2 Å². The molecular formula is C24H24BrNO4. The number of nitrogens with one attached hydrogen (secondary N) is 1. The first kappa shape index (κ1) is 20.6. The summed E-state index contributed by atoms with van der Waals surface area (Å²) in [5, 5.41) is 3.47. The molecule has 3 aromatic carbocycles.